The van der Waals surface area contributed by atoms with E-state index in [9.17, 15) is 9.59 Å². The average Bonchev–Trinajstić information content (AvgIpc) is 3.18. The molecule has 0 spiro atoms. The number of nitrogens with two attached hydrogens (primary N) is 1. The number of anilines is 3. The Kier molecular flexibility index (Phi) is 5.42. The van der Waals surface area contributed by atoms with Crippen LogP contribution in [0.3, 0.4) is 0 Å². The van der Waals surface area contributed by atoms with Crippen LogP contribution in [-0.2, 0) is 0 Å². The monoisotopic (exact) mass is 380 g/mol. The smallest absolute Gasteiger partial charge is 0.321 e. The van der Waals surface area contributed by atoms with Crippen LogP contribution in [0.4, 0.5) is 21.9 Å². The fourth-order valence-corrected chi connectivity index (χ4v) is 3.12. The molecule has 0 saturated heterocycles. The van der Waals surface area contributed by atoms with Crippen molar-refractivity contribution in [3.63, 3.8) is 0 Å². The van der Waals surface area contributed by atoms with E-state index in [4.69, 9.17) is 5.73 Å². The van der Waals surface area contributed by atoms with Gasteiger partial charge >= 0.3 is 6.03 Å². The summed E-state index contributed by atoms with van der Waals surface area (Å²) in [7, 11) is 3.32. The lowest BCUT2D eigenvalue weighted by Gasteiger charge is -2.13. The van der Waals surface area contributed by atoms with Crippen LogP contribution >= 0.6 is 11.3 Å². The van der Waals surface area contributed by atoms with Crippen molar-refractivity contribution >= 4 is 40.3 Å². The number of hydrogen-bond donors (Lipinski definition) is 3. The number of benzene rings is 2. The number of nitrogen functional groups attached to an aromatic ring is 1. The number of carbonyl (C=O) groups is 2. The molecule has 138 valence electrons. The first-order valence-electron chi connectivity index (χ1n) is 8.27. The largest absolute Gasteiger partial charge is 0.397 e. The average molecular weight is 380 g/mol. The van der Waals surface area contributed by atoms with Crippen molar-refractivity contribution in [1.82, 2.24) is 4.90 Å². The predicted molar refractivity (Wildman–Crippen MR) is 111 cm³/mol. The minimum absolute atomic E-state index is 0.231. The molecule has 7 heteroatoms. The second-order valence-corrected chi connectivity index (χ2v) is 7.08. The fraction of sp³-hybridized carbons (Fsp3) is 0.100. The molecule has 1 heterocycles. The maximum absolute atomic E-state index is 12.5. The summed E-state index contributed by atoms with van der Waals surface area (Å²) in [6.45, 7) is 0. The lowest BCUT2D eigenvalue weighted by atomic mass is 10.1. The molecule has 3 rings (SSSR count). The first-order chi connectivity index (χ1) is 12.9. The minimum atomic E-state index is -0.268. The van der Waals surface area contributed by atoms with Crippen molar-refractivity contribution in [1.29, 1.82) is 0 Å². The SMILES string of the molecule is CN(C)C(=O)Nc1ccc(C(=O)Nc2cc(-c3cccs3)ccc2N)cc1. The Hall–Kier alpha value is -3.32. The second-order valence-electron chi connectivity index (χ2n) is 6.14. The molecule has 4 N–H and O–H groups in total. The van der Waals surface area contributed by atoms with Gasteiger partial charge in [-0.2, -0.15) is 0 Å². The first kappa shape index (κ1) is 18.5. The van der Waals surface area contributed by atoms with Crippen molar-refractivity contribution in [2.24, 2.45) is 0 Å². The number of carbonyl (C=O) groups excluding carboxylic acids is 2. The molecule has 3 amide bonds. The molecule has 2 aromatic carbocycles. The molecule has 6 nitrogen and oxygen atoms in total. The van der Waals surface area contributed by atoms with Gasteiger partial charge in [0.1, 0.15) is 0 Å². The zero-order valence-corrected chi connectivity index (χ0v) is 15.8. The van der Waals surface area contributed by atoms with Gasteiger partial charge in [0, 0.05) is 30.2 Å². The van der Waals surface area contributed by atoms with E-state index in [1.165, 1.54) is 4.90 Å². The van der Waals surface area contributed by atoms with Crippen LogP contribution < -0.4 is 16.4 Å². The quantitative estimate of drug-likeness (QED) is 0.588. The number of rotatable bonds is 4. The summed E-state index contributed by atoms with van der Waals surface area (Å²) in [4.78, 5) is 26.7. The Balaban J connectivity index is 1.74. The number of hydrogen-bond acceptors (Lipinski definition) is 4. The Morgan fingerprint density at radius 1 is 1.00 bits per heavy atom. The van der Waals surface area contributed by atoms with Gasteiger partial charge in [0.15, 0.2) is 0 Å². The summed E-state index contributed by atoms with van der Waals surface area (Å²) in [5.41, 5.74) is 9.16. The maximum atomic E-state index is 12.5. The van der Waals surface area contributed by atoms with E-state index in [-0.39, 0.29) is 11.9 Å². The molecule has 0 aliphatic rings. The van der Waals surface area contributed by atoms with Gasteiger partial charge in [-0.25, -0.2) is 4.79 Å². The van der Waals surface area contributed by atoms with E-state index < -0.39 is 0 Å². The number of nitrogens with zero attached hydrogens (tertiary/aromatic N) is 1. The standard InChI is InChI=1S/C20H20N4O2S/c1-24(2)20(26)22-15-8-5-13(6-9-15)19(25)23-17-12-14(7-10-16(17)21)18-4-3-11-27-18/h3-12H,21H2,1-2H3,(H,22,26)(H,23,25). The van der Waals surface area contributed by atoms with Crippen molar-refractivity contribution < 1.29 is 9.59 Å². The van der Waals surface area contributed by atoms with E-state index in [1.54, 1.807) is 55.8 Å². The van der Waals surface area contributed by atoms with Crippen LogP contribution in [0.15, 0.2) is 60.0 Å². The molecule has 0 radical (unpaired) electrons. The van der Waals surface area contributed by atoms with Crippen LogP contribution in [0.25, 0.3) is 10.4 Å². The number of amides is 3. The zero-order valence-electron chi connectivity index (χ0n) is 15.0. The molecule has 1 aromatic heterocycles. The maximum Gasteiger partial charge on any atom is 0.321 e. The third kappa shape index (κ3) is 4.45. The van der Waals surface area contributed by atoms with Crippen LogP contribution in [-0.4, -0.2) is 30.9 Å². The summed E-state index contributed by atoms with van der Waals surface area (Å²) in [5.74, 6) is -0.268. The highest BCUT2D eigenvalue weighted by molar-refractivity contribution is 7.13. The Morgan fingerprint density at radius 2 is 1.74 bits per heavy atom. The van der Waals surface area contributed by atoms with Gasteiger partial charge in [-0.15, -0.1) is 11.3 Å². The molecular weight excluding hydrogens is 360 g/mol. The molecule has 0 aliphatic heterocycles. The summed E-state index contributed by atoms with van der Waals surface area (Å²) < 4.78 is 0. The number of urea groups is 1. The van der Waals surface area contributed by atoms with Crippen molar-refractivity contribution in [2.45, 2.75) is 0 Å². The van der Waals surface area contributed by atoms with Gasteiger partial charge in [-0.1, -0.05) is 12.1 Å². The van der Waals surface area contributed by atoms with E-state index in [0.717, 1.165) is 10.4 Å². The first-order valence-corrected chi connectivity index (χ1v) is 9.15. The summed E-state index contributed by atoms with van der Waals surface area (Å²) in [5, 5.41) is 7.58. The lowest BCUT2D eigenvalue weighted by Crippen LogP contribution is -2.27. The van der Waals surface area contributed by atoms with E-state index in [1.807, 2.05) is 29.6 Å². The molecule has 0 saturated carbocycles. The van der Waals surface area contributed by atoms with Gasteiger partial charge in [0.2, 0.25) is 0 Å². The summed E-state index contributed by atoms with van der Waals surface area (Å²) in [6.07, 6.45) is 0. The molecule has 0 unspecified atom stereocenters. The van der Waals surface area contributed by atoms with Crippen LogP contribution in [0.2, 0.25) is 0 Å². The fourth-order valence-electron chi connectivity index (χ4n) is 2.40. The third-order valence-electron chi connectivity index (χ3n) is 3.91. The van der Waals surface area contributed by atoms with Crippen molar-refractivity contribution in [3.8, 4) is 10.4 Å². The highest BCUT2D eigenvalue weighted by atomic mass is 32.1. The van der Waals surface area contributed by atoms with E-state index in [0.29, 0.717) is 22.6 Å². The van der Waals surface area contributed by atoms with Gasteiger partial charge < -0.3 is 21.3 Å². The normalized spacial score (nSPS) is 10.3. The molecule has 27 heavy (non-hydrogen) atoms. The molecular formula is C20H20N4O2S. The number of thiophene rings is 1. The van der Waals surface area contributed by atoms with Crippen molar-refractivity contribution in [2.75, 3.05) is 30.5 Å². The van der Waals surface area contributed by atoms with Gasteiger partial charge in [0.05, 0.1) is 11.4 Å². The molecule has 0 fully saturated rings. The Bertz CT molecular complexity index is 951. The van der Waals surface area contributed by atoms with Gasteiger partial charge in [-0.05, 0) is 53.4 Å². The molecule has 0 atom stereocenters. The minimum Gasteiger partial charge on any atom is -0.397 e. The molecule has 0 bridgehead atoms. The summed E-state index contributed by atoms with van der Waals surface area (Å²) in [6, 6.07) is 16.0. The third-order valence-corrected chi connectivity index (χ3v) is 4.83. The topological polar surface area (TPSA) is 87.5 Å². The van der Waals surface area contributed by atoms with E-state index in [2.05, 4.69) is 10.6 Å². The zero-order chi connectivity index (χ0) is 19.4. The number of nitrogens with one attached hydrogen (secondary N) is 2. The predicted octanol–water partition coefficient (Wildman–Crippen LogP) is 4.34. The van der Waals surface area contributed by atoms with Crippen molar-refractivity contribution in [3.05, 3.63) is 65.5 Å². The van der Waals surface area contributed by atoms with Crippen LogP contribution in [0, 0.1) is 0 Å². The Morgan fingerprint density at radius 3 is 2.37 bits per heavy atom. The van der Waals surface area contributed by atoms with Crippen LogP contribution in [0.1, 0.15) is 10.4 Å². The lowest BCUT2D eigenvalue weighted by molar-refractivity contribution is 0.102. The second kappa shape index (κ2) is 7.92. The van der Waals surface area contributed by atoms with Gasteiger partial charge in [-0.3, -0.25) is 4.79 Å². The molecule has 3 aromatic rings. The highest BCUT2D eigenvalue weighted by Crippen LogP contribution is 2.30. The van der Waals surface area contributed by atoms with Gasteiger partial charge in [0.25, 0.3) is 5.91 Å². The molecule has 0 aliphatic carbocycles. The van der Waals surface area contributed by atoms with Crippen LogP contribution in [0.5, 0.6) is 0 Å². The Labute approximate surface area is 161 Å². The summed E-state index contributed by atoms with van der Waals surface area (Å²) >= 11 is 1.62. The van der Waals surface area contributed by atoms with E-state index >= 15 is 0 Å². The highest BCUT2D eigenvalue weighted by Gasteiger charge is 2.11.